The van der Waals surface area contributed by atoms with E-state index in [1.54, 1.807) is 6.07 Å². The Kier molecular flexibility index (Phi) is 4.00. The van der Waals surface area contributed by atoms with Gasteiger partial charge in [0.2, 0.25) is 0 Å². The Morgan fingerprint density at radius 1 is 1.10 bits per heavy atom. The monoisotopic (exact) mass is 311 g/mol. The van der Waals surface area contributed by atoms with Crippen molar-refractivity contribution in [2.75, 3.05) is 11.5 Å². The van der Waals surface area contributed by atoms with Crippen LogP contribution in [0.1, 0.15) is 11.1 Å². The van der Waals surface area contributed by atoms with Crippen LogP contribution in [0.25, 0.3) is 0 Å². The second-order valence-electron chi connectivity index (χ2n) is 4.85. The third kappa shape index (κ3) is 3.39. The first-order valence-corrected chi connectivity index (χ1v) is 7.90. The highest BCUT2D eigenvalue weighted by Crippen LogP contribution is 2.32. The van der Waals surface area contributed by atoms with Crippen molar-refractivity contribution >= 4 is 15.5 Å². The van der Waals surface area contributed by atoms with Crippen molar-refractivity contribution in [2.45, 2.75) is 17.7 Å². The van der Waals surface area contributed by atoms with Gasteiger partial charge in [0.25, 0.3) is 5.92 Å². The number of rotatable bonds is 4. The first-order chi connectivity index (χ1) is 9.72. The number of halogens is 2. The van der Waals surface area contributed by atoms with E-state index in [1.165, 1.54) is 49.4 Å². The van der Waals surface area contributed by atoms with Gasteiger partial charge in [0.15, 0.2) is 9.84 Å². The van der Waals surface area contributed by atoms with Gasteiger partial charge in [0.05, 0.1) is 4.90 Å². The van der Waals surface area contributed by atoms with Crippen molar-refractivity contribution in [1.82, 2.24) is 0 Å². The van der Waals surface area contributed by atoms with E-state index in [0.29, 0.717) is 11.3 Å². The van der Waals surface area contributed by atoms with Gasteiger partial charge in [-0.2, -0.15) is 0 Å². The Labute approximate surface area is 122 Å². The van der Waals surface area contributed by atoms with Crippen molar-refractivity contribution in [3.8, 4) is 0 Å². The molecule has 2 aromatic rings. The summed E-state index contributed by atoms with van der Waals surface area (Å²) in [6.07, 6.45) is 0. The van der Waals surface area contributed by atoms with E-state index in [-0.39, 0.29) is 10.5 Å². The third-order valence-corrected chi connectivity index (χ3v) is 4.97. The molecule has 0 radical (unpaired) electrons. The molecule has 2 rings (SSSR count). The SMILES string of the molecule is Cc1cc(N)ccc1S(=O)(=O)CC(F)(F)c1ccccc1. The van der Waals surface area contributed by atoms with Crippen molar-refractivity contribution in [1.29, 1.82) is 0 Å². The van der Waals surface area contributed by atoms with Crippen LogP contribution in [-0.4, -0.2) is 14.2 Å². The Bertz CT molecular complexity index is 744. The topological polar surface area (TPSA) is 60.2 Å². The molecule has 0 amide bonds. The average Bonchev–Trinajstić information content (AvgIpc) is 2.38. The van der Waals surface area contributed by atoms with Gasteiger partial charge in [-0.05, 0) is 30.7 Å². The van der Waals surface area contributed by atoms with Crippen LogP contribution in [-0.2, 0) is 15.8 Å². The molecular formula is C15H15F2NO2S. The Morgan fingerprint density at radius 3 is 2.29 bits per heavy atom. The summed E-state index contributed by atoms with van der Waals surface area (Å²) in [6.45, 7) is 1.53. The van der Waals surface area contributed by atoms with Gasteiger partial charge in [0, 0.05) is 11.3 Å². The molecule has 3 nitrogen and oxygen atoms in total. The maximum absolute atomic E-state index is 14.1. The van der Waals surface area contributed by atoms with E-state index in [9.17, 15) is 17.2 Å². The van der Waals surface area contributed by atoms with Crippen LogP contribution in [0.15, 0.2) is 53.4 Å². The molecule has 0 heterocycles. The van der Waals surface area contributed by atoms with E-state index >= 15 is 0 Å². The summed E-state index contributed by atoms with van der Waals surface area (Å²) < 4.78 is 52.8. The molecule has 0 fully saturated rings. The van der Waals surface area contributed by atoms with Gasteiger partial charge >= 0.3 is 0 Å². The van der Waals surface area contributed by atoms with Gasteiger partial charge in [-0.25, -0.2) is 17.2 Å². The predicted octanol–water partition coefficient (Wildman–Crippen LogP) is 3.14. The van der Waals surface area contributed by atoms with Crippen molar-refractivity contribution in [2.24, 2.45) is 0 Å². The lowest BCUT2D eigenvalue weighted by Gasteiger charge is -2.17. The van der Waals surface area contributed by atoms with Crippen molar-refractivity contribution < 1.29 is 17.2 Å². The van der Waals surface area contributed by atoms with Gasteiger partial charge in [-0.15, -0.1) is 0 Å². The summed E-state index contributed by atoms with van der Waals surface area (Å²) in [5.74, 6) is -4.72. The largest absolute Gasteiger partial charge is 0.399 e. The molecule has 0 saturated heterocycles. The number of alkyl halides is 2. The van der Waals surface area contributed by atoms with E-state index in [4.69, 9.17) is 5.73 Å². The molecule has 112 valence electrons. The third-order valence-electron chi connectivity index (χ3n) is 3.10. The highest BCUT2D eigenvalue weighted by atomic mass is 32.2. The zero-order chi connectivity index (χ0) is 15.7. The molecule has 2 N–H and O–H groups in total. The summed E-state index contributed by atoms with van der Waals surface area (Å²) in [6, 6.07) is 11.0. The molecule has 0 spiro atoms. The highest BCUT2D eigenvalue weighted by molar-refractivity contribution is 7.91. The van der Waals surface area contributed by atoms with E-state index in [0.717, 1.165) is 0 Å². The maximum atomic E-state index is 14.1. The summed E-state index contributed by atoms with van der Waals surface area (Å²) in [4.78, 5) is -0.118. The summed E-state index contributed by atoms with van der Waals surface area (Å²) in [5.41, 5.74) is 5.98. The fourth-order valence-electron chi connectivity index (χ4n) is 2.10. The van der Waals surface area contributed by atoms with E-state index < -0.39 is 21.5 Å². The Balaban J connectivity index is 2.37. The normalized spacial score (nSPS) is 12.3. The lowest BCUT2D eigenvalue weighted by Crippen LogP contribution is -2.26. The van der Waals surface area contributed by atoms with Crippen molar-refractivity contribution in [3.05, 3.63) is 59.7 Å². The minimum absolute atomic E-state index is 0.118. The molecule has 0 aliphatic carbocycles. The predicted molar refractivity (Wildman–Crippen MR) is 78.0 cm³/mol. The minimum Gasteiger partial charge on any atom is -0.399 e. The average molecular weight is 311 g/mol. The van der Waals surface area contributed by atoms with Crippen LogP contribution in [0.2, 0.25) is 0 Å². The molecule has 0 aliphatic rings. The van der Waals surface area contributed by atoms with Crippen LogP contribution in [0.3, 0.4) is 0 Å². The smallest absolute Gasteiger partial charge is 0.287 e. The second-order valence-corrected chi connectivity index (χ2v) is 6.81. The van der Waals surface area contributed by atoms with E-state index in [2.05, 4.69) is 0 Å². The molecule has 0 bridgehead atoms. The Morgan fingerprint density at radius 2 is 1.71 bits per heavy atom. The zero-order valence-corrected chi connectivity index (χ0v) is 12.2. The molecule has 2 aromatic carbocycles. The number of hydrogen-bond acceptors (Lipinski definition) is 3. The number of aryl methyl sites for hydroxylation is 1. The quantitative estimate of drug-likeness (QED) is 0.882. The van der Waals surface area contributed by atoms with E-state index in [1.807, 2.05) is 0 Å². The second kappa shape index (κ2) is 5.44. The molecule has 0 aromatic heterocycles. The van der Waals surface area contributed by atoms with Crippen LogP contribution >= 0.6 is 0 Å². The molecule has 0 aliphatic heterocycles. The van der Waals surface area contributed by atoms with Gasteiger partial charge in [-0.1, -0.05) is 30.3 Å². The lowest BCUT2D eigenvalue weighted by molar-refractivity contribution is 0.0213. The minimum atomic E-state index is -4.12. The van der Waals surface area contributed by atoms with Crippen LogP contribution in [0, 0.1) is 6.92 Å². The number of benzene rings is 2. The molecule has 21 heavy (non-hydrogen) atoms. The fourth-order valence-corrected chi connectivity index (χ4v) is 3.73. The Hall–Kier alpha value is -1.95. The highest BCUT2D eigenvalue weighted by Gasteiger charge is 2.38. The zero-order valence-electron chi connectivity index (χ0n) is 11.4. The molecular weight excluding hydrogens is 296 g/mol. The first kappa shape index (κ1) is 15.4. The van der Waals surface area contributed by atoms with Crippen LogP contribution < -0.4 is 5.73 Å². The number of sulfone groups is 1. The number of hydrogen-bond donors (Lipinski definition) is 1. The fraction of sp³-hybridized carbons (Fsp3) is 0.200. The standard InChI is InChI=1S/C15H15F2NO2S/c1-11-9-13(18)7-8-14(11)21(19,20)10-15(16,17)12-5-3-2-4-6-12/h2-9H,10,18H2,1H3. The molecule has 0 atom stereocenters. The van der Waals surface area contributed by atoms with Crippen molar-refractivity contribution in [3.63, 3.8) is 0 Å². The maximum Gasteiger partial charge on any atom is 0.287 e. The van der Waals surface area contributed by atoms with Crippen LogP contribution in [0.4, 0.5) is 14.5 Å². The summed E-state index contributed by atoms with van der Waals surface area (Å²) >= 11 is 0. The molecule has 0 saturated carbocycles. The molecule has 6 heteroatoms. The van der Waals surface area contributed by atoms with Gasteiger partial charge < -0.3 is 5.73 Å². The number of nitrogens with two attached hydrogens (primary N) is 1. The lowest BCUT2D eigenvalue weighted by atomic mass is 10.1. The van der Waals surface area contributed by atoms with Gasteiger partial charge in [-0.3, -0.25) is 0 Å². The summed E-state index contributed by atoms with van der Waals surface area (Å²) in [5, 5.41) is 0. The summed E-state index contributed by atoms with van der Waals surface area (Å²) in [7, 11) is -4.12. The first-order valence-electron chi connectivity index (χ1n) is 6.25. The van der Waals surface area contributed by atoms with Crippen LogP contribution in [0.5, 0.6) is 0 Å². The molecule has 0 unspecified atom stereocenters. The number of anilines is 1. The van der Waals surface area contributed by atoms with Gasteiger partial charge in [0.1, 0.15) is 5.75 Å². The number of nitrogen functional groups attached to an aromatic ring is 1.